The largest absolute Gasteiger partial charge is 0.508 e. The van der Waals surface area contributed by atoms with Crippen molar-refractivity contribution in [3.63, 3.8) is 0 Å². The zero-order valence-corrected chi connectivity index (χ0v) is 30.1. The highest BCUT2D eigenvalue weighted by Gasteiger charge is 2.33. The third-order valence-corrected chi connectivity index (χ3v) is 11.6. The van der Waals surface area contributed by atoms with Gasteiger partial charge in [0.25, 0.3) is 0 Å². The van der Waals surface area contributed by atoms with Crippen LogP contribution in [0.1, 0.15) is 53.4 Å². The van der Waals surface area contributed by atoms with Crippen LogP contribution in [0.5, 0.6) is 11.5 Å². The van der Waals surface area contributed by atoms with Gasteiger partial charge in [-0.05, 0) is 115 Å². The lowest BCUT2D eigenvalue weighted by Crippen LogP contribution is -2.51. The number of carbonyl (C=O) groups excluding carboxylic acids is 1. The number of ether oxygens (including phenoxy) is 1. The summed E-state index contributed by atoms with van der Waals surface area (Å²) in [6.07, 6.45) is 8.12. The van der Waals surface area contributed by atoms with Gasteiger partial charge in [0.2, 0.25) is 5.91 Å². The van der Waals surface area contributed by atoms with Gasteiger partial charge in [-0.1, -0.05) is 54.6 Å². The topological polar surface area (TPSA) is 71.5 Å². The predicted octanol–water partition coefficient (Wildman–Crippen LogP) is 6.57. The molecule has 8 heteroatoms. The maximum Gasteiger partial charge on any atom is 0.225 e. The summed E-state index contributed by atoms with van der Waals surface area (Å²) in [5, 5.41) is 13.5. The Morgan fingerprint density at radius 3 is 2.27 bits per heavy atom. The van der Waals surface area contributed by atoms with Gasteiger partial charge in [-0.2, -0.15) is 0 Å². The number of hydrogen-bond donors (Lipinski definition) is 2. The Kier molecular flexibility index (Phi) is 10.5. The van der Waals surface area contributed by atoms with Crippen LogP contribution in [0.3, 0.4) is 0 Å². The van der Waals surface area contributed by atoms with E-state index in [0.717, 1.165) is 90.5 Å². The van der Waals surface area contributed by atoms with Crippen molar-refractivity contribution in [3.8, 4) is 11.5 Å². The molecule has 4 aromatic rings. The number of likely N-dealkylation sites (tertiary alicyclic amines) is 1. The number of phenolic OH excluding ortho intramolecular Hbond substituents is 1. The fourth-order valence-corrected chi connectivity index (χ4v) is 8.72. The summed E-state index contributed by atoms with van der Waals surface area (Å²) in [5.74, 6) is 2.29. The second kappa shape index (κ2) is 15.8. The van der Waals surface area contributed by atoms with Crippen LogP contribution < -0.4 is 19.9 Å². The van der Waals surface area contributed by atoms with Crippen LogP contribution in [0.4, 0.5) is 11.4 Å². The molecule has 3 aliphatic heterocycles. The number of nitrogens with one attached hydrogen (secondary N) is 1. The molecule has 0 spiro atoms. The number of amides is 1. The minimum atomic E-state index is 0.121. The van der Waals surface area contributed by atoms with E-state index >= 15 is 0 Å². The number of aromatic hydroxyl groups is 1. The van der Waals surface area contributed by atoms with Gasteiger partial charge in [-0.3, -0.25) is 15.0 Å². The van der Waals surface area contributed by atoms with Crippen LogP contribution in [0.15, 0.2) is 109 Å². The number of carbonyl (C=O) groups is 1. The number of rotatable bonds is 9. The molecule has 4 aromatic carbocycles. The van der Waals surface area contributed by atoms with Gasteiger partial charge in [0.15, 0.2) is 0 Å². The Morgan fingerprint density at radius 2 is 1.54 bits per heavy atom. The van der Waals surface area contributed by atoms with Crippen molar-refractivity contribution in [1.82, 2.24) is 15.1 Å². The lowest BCUT2D eigenvalue weighted by atomic mass is 9.69. The quantitative estimate of drug-likeness (QED) is 0.205. The van der Waals surface area contributed by atoms with Gasteiger partial charge < -0.3 is 24.5 Å². The Morgan fingerprint density at radius 1 is 0.788 bits per heavy atom. The summed E-state index contributed by atoms with van der Waals surface area (Å²) in [7, 11) is 0. The Bertz CT molecular complexity index is 1810. The normalized spacial score (nSPS) is 21.2. The molecule has 2 atom stereocenters. The van der Waals surface area contributed by atoms with Gasteiger partial charge >= 0.3 is 0 Å². The van der Waals surface area contributed by atoms with Crippen LogP contribution in [-0.2, 0) is 11.2 Å². The molecular formula is C44H51N5O3. The van der Waals surface area contributed by atoms with Crippen molar-refractivity contribution >= 4 is 17.3 Å². The Hall–Kier alpha value is -4.79. The van der Waals surface area contributed by atoms with Crippen LogP contribution >= 0.6 is 0 Å². The van der Waals surface area contributed by atoms with E-state index in [2.05, 4.69) is 122 Å². The van der Waals surface area contributed by atoms with Crippen LogP contribution in [0.25, 0.3) is 0 Å². The van der Waals surface area contributed by atoms with Gasteiger partial charge in [0.05, 0.1) is 6.67 Å². The highest BCUT2D eigenvalue weighted by Crippen LogP contribution is 2.47. The average molecular weight is 698 g/mol. The maximum atomic E-state index is 13.5. The summed E-state index contributed by atoms with van der Waals surface area (Å²) in [5.41, 5.74) is 7.60. The van der Waals surface area contributed by atoms with Crippen LogP contribution in [0, 0.1) is 5.92 Å². The minimum absolute atomic E-state index is 0.121. The second-order valence-electron chi connectivity index (χ2n) is 14.7. The van der Waals surface area contributed by atoms with Crippen molar-refractivity contribution in [2.24, 2.45) is 5.92 Å². The third-order valence-electron chi connectivity index (χ3n) is 11.6. The molecule has 2 N–H and O–H groups in total. The maximum absolute atomic E-state index is 13.5. The van der Waals surface area contributed by atoms with E-state index in [1.165, 1.54) is 33.6 Å². The summed E-state index contributed by atoms with van der Waals surface area (Å²) >= 11 is 0. The van der Waals surface area contributed by atoms with E-state index < -0.39 is 0 Å². The van der Waals surface area contributed by atoms with Gasteiger partial charge in [0, 0.05) is 68.7 Å². The first-order chi connectivity index (χ1) is 25.6. The number of hydrogen-bond acceptors (Lipinski definition) is 7. The highest BCUT2D eigenvalue weighted by molar-refractivity contribution is 5.79. The van der Waals surface area contributed by atoms with E-state index in [4.69, 9.17) is 4.74 Å². The number of anilines is 2. The molecule has 0 aromatic heterocycles. The fraction of sp³-hybridized carbons (Fsp3) is 0.386. The first-order valence-corrected chi connectivity index (χ1v) is 19.2. The van der Waals surface area contributed by atoms with E-state index in [-0.39, 0.29) is 11.8 Å². The molecule has 1 amide bonds. The number of phenols is 1. The number of aryl methyl sites for hydroxylation is 1. The van der Waals surface area contributed by atoms with E-state index in [1.54, 1.807) is 0 Å². The molecule has 0 saturated carbocycles. The number of nitrogens with zero attached hydrogens (tertiary/aromatic N) is 4. The highest BCUT2D eigenvalue weighted by atomic mass is 16.5. The first-order valence-electron chi connectivity index (χ1n) is 19.2. The molecular weight excluding hydrogens is 647 g/mol. The molecule has 2 fully saturated rings. The van der Waals surface area contributed by atoms with E-state index in [9.17, 15) is 9.90 Å². The fourth-order valence-electron chi connectivity index (χ4n) is 8.72. The second-order valence-corrected chi connectivity index (χ2v) is 14.7. The predicted molar refractivity (Wildman–Crippen MR) is 208 cm³/mol. The minimum Gasteiger partial charge on any atom is -0.508 e. The molecule has 270 valence electrons. The molecule has 4 aliphatic rings. The number of piperazine rings is 1. The molecule has 1 aliphatic carbocycles. The molecule has 8 nitrogen and oxygen atoms in total. The molecule has 0 unspecified atom stereocenters. The summed E-state index contributed by atoms with van der Waals surface area (Å²) in [6, 6.07) is 34.1. The van der Waals surface area contributed by atoms with Crippen molar-refractivity contribution in [1.29, 1.82) is 0 Å². The molecule has 2 saturated heterocycles. The molecule has 3 heterocycles. The molecule has 0 bridgehead atoms. The van der Waals surface area contributed by atoms with Crippen molar-refractivity contribution < 1.29 is 14.6 Å². The number of fused-ring (bicyclic) bond motifs is 1. The van der Waals surface area contributed by atoms with Crippen LogP contribution in [-0.4, -0.2) is 86.4 Å². The Balaban J connectivity index is 0.789. The average Bonchev–Trinajstić information content (AvgIpc) is 3.21. The van der Waals surface area contributed by atoms with Gasteiger partial charge in [0.1, 0.15) is 18.1 Å². The SMILES string of the molecule is O=C(C1CCN(CCOc2ccc([C@@H]3c4ccc(O)cc4CC[C@@H]3c3ccccc3)cc2)CC1)N1CCN(c2ccc(N3C=CCNC3)cc2)CC1. The zero-order chi connectivity index (χ0) is 35.3. The summed E-state index contributed by atoms with van der Waals surface area (Å²) in [4.78, 5) is 22.6. The van der Waals surface area contributed by atoms with E-state index in [1.807, 2.05) is 12.1 Å². The lowest BCUT2D eigenvalue weighted by molar-refractivity contribution is -0.137. The monoisotopic (exact) mass is 697 g/mol. The lowest BCUT2D eigenvalue weighted by Gasteiger charge is -2.39. The van der Waals surface area contributed by atoms with Gasteiger partial charge in [-0.15, -0.1) is 0 Å². The van der Waals surface area contributed by atoms with Crippen molar-refractivity contribution in [2.75, 3.05) is 75.4 Å². The van der Waals surface area contributed by atoms with Crippen LogP contribution in [0.2, 0.25) is 0 Å². The number of benzene rings is 4. The first kappa shape index (κ1) is 34.3. The standard InChI is InChI=1S/C44H51N5O3/c50-39-14-18-42-36(31-39)9-17-41(33-5-2-1-3-6-33)43(42)34-7-15-40(16-8-34)52-30-29-46-23-19-35(20-24-46)44(51)48-27-25-47(26-28-48)37-10-12-38(13-11-37)49-22-4-21-45-32-49/h1-8,10-16,18,22,31,35,41,43,45,50H,9,17,19-21,23-30,32H2/t41-,43+/m1/s1. The molecule has 52 heavy (non-hydrogen) atoms. The summed E-state index contributed by atoms with van der Waals surface area (Å²) in [6.45, 7) is 8.44. The Labute approximate surface area is 308 Å². The zero-order valence-electron chi connectivity index (χ0n) is 30.1. The van der Waals surface area contributed by atoms with Crippen molar-refractivity contribution in [2.45, 2.75) is 37.5 Å². The number of piperidine rings is 1. The van der Waals surface area contributed by atoms with Gasteiger partial charge in [-0.25, -0.2) is 0 Å². The molecule has 8 rings (SSSR count). The van der Waals surface area contributed by atoms with Crippen molar-refractivity contribution in [3.05, 3.63) is 132 Å². The van der Waals surface area contributed by atoms with E-state index in [0.29, 0.717) is 24.2 Å². The smallest absolute Gasteiger partial charge is 0.225 e. The third kappa shape index (κ3) is 7.69. The molecule has 0 radical (unpaired) electrons. The summed E-state index contributed by atoms with van der Waals surface area (Å²) < 4.78 is 6.24.